The van der Waals surface area contributed by atoms with E-state index < -0.39 is 22.7 Å². The Morgan fingerprint density at radius 2 is 1.65 bits per heavy atom. The fourth-order valence-corrected chi connectivity index (χ4v) is 1.83. The summed E-state index contributed by atoms with van der Waals surface area (Å²) in [4.78, 5) is 0.122. The summed E-state index contributed by atoms with van der Waals surface area (Å²) in [6.45, 7) is 0. The molecule has 0 aliphatic heterocycles. The lowest BCUT2D eigenvalue weighted by Crippen LogP contribution is -1.90. The van der Waals surface area contributed by atoms with Crippen LogP contribution in [0.4, 0.5) is 8.78 Å². The predicted octanol–water partition coefficient (Wildman–Crippen LogP) is 2.87. The molecule has 0 aliphatic carbocycles. The molecular formula is C12H7F2O2S-. The Bertz CT molecular complexity index is 567. The molecule has 0 saturated heterocycles. The Kier molecular flexibility index (Phi) is 3.31. The summed E-state index contributed by atoms with van der Waals surface area (Å²) in [6, 6.07) is 8.92. The van der Waals surface area contributed by atoms with Gasteiger partial charge in [0, 0.05) is 16.5 Å². The van der Waals surface area contributed by atoms with E-state index in [9.17, 15) is 17.5 Å². The first kappa shape index (κ1) is 11.9. The largest absolute Gasteiger partial charge is 0.768 e. The van der Waals surface area contributed by atoms with Gasteiger partial charge in [0.1, 0.15) is 11.6 Å². The van der Waals surface area contributed by atoms with Gasteiger partial charge in [-0.15, -0.1) is 0 Å². The highest BCUT2D eigenvalue weighted by molar-refractivity contribution is 7.79. The first-order valence-corrected chi connectivity index (χ1v) is 5.80. The molecule has 2 aromatic rings. The molecular weight excluding hydrogens is 246 g/mol. The fraction of sp³-hybridized carbons (Fsp3) is 0. The van der Waals surface area contributed by atoms with E-state index in [1.165, 1.54) is 30.3 Å². The lowest BCUT2D eigenvalue weighted by molar-refractivity contribution is 0.537. The zero-order valence-electron chi connectivity index (χ0n) is 8.52. The highest BCUT2D eigenvalue weighted by Crippen LogP contribution is 2.24. The quantitative estimate of drug-likeness (QED) is 0.772. The normalized spacial score (nSPS) is 12.4. The Morgan fingerprint density at radius 3 is 2.18 bits per heavy atom. The minimum atomic E-state index is -2.31. The Balaban J connectivity index is 2.43. The van der Waals surface area contributed by atoms with Crippen LogP contribution in [0.15, 0.2) is 47.4 Å². The SMILES string of the molecule is O=S([O-])c1ccc(-c2ccc(F)cc2F)cc1. The second-order valence-corrected chi connectivity index (χ2v) is 4.32. The molecule has 88 valence electrons. The number of rotatable bonds is 2. The van der Waals surface area contributed by atoms with Crippen molar-refractivity contribution in [2.45, 2.75) is 4.90 Å². The number of hydrogen-bond donors (Lipinski definition) is 0. The van der Waals surface area contributed by atoms with Gasteiger partial charge in [0.15, 0.2) is 0 Å². The van der Waals surface area contributed by atoms with Crippen molar-refractivity contribution in [3.63, 3.8) is 0 Å². The molecule has 5 heteroatoms. The Labute approximate surface area is 99.2 Å². The van der Waals surface area contributed by atoms with Gasteiger partial charge in [-0.3, -0.25) is 4.21 Å². The van der Waals surface area contributed by atoms with E-state index in [0.717, 1.165) is 12.1 Å². The zero-order chi connectivity index (χ0) is 12.4. The van der Waals surface area contributed by atoms with Gasteiger partial charge in [-0.25, -0.2) is 8.78 Å². The maximum absolute atomic E-state index is 13.4. The third-order valence-corrected chi connectivity index (χ3v) is 2.95. The van der Waals surface area contributed by atoms with Crippen molar-refractivity contribution >= 4 is 11.1 Å². The fourth-order valence-electron chi connectivity index (χ4n) is 1.47. The van der Waals surface area contributed by atoms with Crippen molar-refractivity contribution in [2.75, 3.05) is 0 Å². The van der Waals surface area contributed by atoms with Crippen LogP contribution in [0.2, 0.25) is 0 Å². The van der Waals surface area contributed by atoms with Crippen LogP contribution in [0.3, 0.4) is 0 Å². The van der Waals surface area contributed by atoms with Gasteiger partial charge < -0.3 is 4.55 Å². The van der Waals surface area contributed by atoms with Crippen molar-refractivity contribution in [2.24, 2.45) is 0 Å². The Hall–Kier alpha value is -1.59. The van der Waals surface area contributed by atoms with Crippen LogP contribution in [-0.2, 0) is 11.1 Å². The maximum atomic E-state index is 13.4. The predicted molar refractivity (Wildman–Crippen MR) is 59.0 cm³/mol. The van der Waals surface area contributed by atoms with E-state index in [1.807, 2.05) is 0 Å². The topological polar surface area (TPSA) is 40.1 Å². The number of hydrogen-bond acceptors (Lipinski definition) is 2. The average molecular weight is 253 g/mol. The van der Waals surface area contributed by atoms with Crippen LogP contribution < -0.4 is 0 Å². The maximum Gasteiger partial charge on any atom is 0.133 e. The highest BCUT2D eigenvalue weighted by atomic mass is 32.2. The third-order valence-electron chi connectivity index (χ3n) is 2.29. The van der Waals surface area contributed by atoms with Gasteiger partial charge in [0.05, 0.1) is 0 Å². The molecule has 2 aromatic carbocycles. The van der Waals surface area contributed by atoms with Gasteiger partial charge in [-0.2, -0.15) is 0 Å². The molecule has 0 radical (unpaired) electrons. The second-order valence-electron chi connectivity index (χ2n) is 3.38. The molecule has 0 aliphatic rings. The van der Waals surface area contributed by atoms with Crippen molar-refractivity contribution in [1.82, 2.24) is 0 Å². The molecule has 0 heterocycles. The molecule has 1 unspecified atom stereocenters. The monoisotopic (exact) mass is 253 g/mol. The minimum Gasteiger partial charge on any atom is -0.768 e. The van der Waals surface area contributed by atoms with Crippen LogP contribution in [0.1, 0.15) is 0 Å². The molecule has 0 fully saturated rings. The first-order chi connectivity index (χ1) is 8.08. The highest BCUT2D eigenvalue weighted by Gasteiger charge is 2.06. The van der Waals surface area contributed by atoms with Crippen LogP contribution in [0.25, 0.3) is 11.1 Å². The minimum absolute atomic E-state index is 0.122. The van der Waals surface area contributed by atoms with Crippen molar-refractivity contribution in [3.8, 4) is 11.1 Å². The summed E-state index contributed by atoms with van der Waals surface area (Å²) in [6.07, 6.45) is 0. The molecule has 17 heavy (non-hydrogen) atoms. The standard InChI is InChI=1S/C12H8F2O2S/c13-9-3-6-11(12(14)7-9)8-1-4-10(5-2-8)17(15)16/h1-7H,(H,15,16)/p-1. The van der Waals surface area contributed by atoms with Crippen molar-refractivity contribution in [1.29, 1.82) is 0 Å². The van der Waals surface area contributed by atoms with Gasteiger partial charge in [-0.05, 0) is 40.9 Å². The van der Waals surface area contributed by atoms with E-state index in [4.69, 9.17) is 0 Å². The summed E-state index contributed by atoms with van der Waals surface area (Å²) in [5, 5.41) is 0. The molecule has 0 amide bonds. The molecule has 0 bridgehead atoms. The summed E-state index contributed by atoms with van der Waals surface area (Å²) in [7, 11) is 0. The van der Waals surface area contributed by atoms with Gasteiger partial charge in [0.25, 0.3) is 0 Å². The van der Waals surface area contributed by atoms with E-state index in [0.29, 0.717) is 5.56 Å². The third kappa shape index (κ3) is 2.57. The molecule has 0 N–H and O–H groups in total. The van der Waals surface area contributed by atoms with Gasteiger partial charge in [-0.1, -0.05) is 12.1 Å². The molecule has 1 atom stereocenters. The van der Waals surface area contributed by atoms with E-state index in [1.54, 1.807) is 0 Å². The molecule has 0 saturated carbocycles. The Morgan fingerprint density at radius 1 is 1.00 bits per heavy atom. The van der Waals surface area contributed by atoms with Crippen LogP contribution in [0.5, 0.6) is 0 Å². The molecule has 0 aromatic heterocycles. The summed E-state index contributed by atoms with van der Waals surface area (Å²) in [5.41, 5.74) is 0.728. The van der Waals surface area contributed by atoms with Gasteiger partial charge in [0.2, 0.25) is 0 Å². The smallest absolute Gasteiger partial charge is 0.133 e. The van der Waals surface area contributed by atoms with Crippen LogP contribution >= 0.6 is 0 Å². The lowest BCUT2D eigenvalue weighted by Gasteiger charge is -2.07. The van der Waals surface area contributed by atoms with E-state index in [2.05, 4.69) is 0 Å². The average Bonchev–Trinajstić information content (AvgIpc) is 2.29. The number of benzene rings is 2. The van der Waals surface area contributed by atoms with E-state index >= 15 is 0 Å². The molecule has 0 spiro atoms. The zero-order valence-corrected chi connectivity index (χ0v) is 9.34. The summed E-state index contributed by atoms with van der Waals surface area (Å²) < 4.78 is 47.4. The van der Waals surface area contributed by atoms with Crippen LogP contribution in [-0.4, -0.2) is 8.76 Å². The molecule has 2 rings (SSSR count). The first-order valence-electron chi connectivity index (χ1n) is 4.72. The van der Waals surface area contributed by atoms with E-state index in [-0.39, 0.29) is 10.5 Å². The number of halogens is 2. The van der Waals surface area contributed by atoms with Gasteiger partial charge >= 0.3 is 0 Å². The van der Waals surface area contributed by atoms with Crippen molar-refractivity contribution < 1.29 is 17.5 Å². The summed E-state index contributed by atoms with van der Waals surface area (Å²) >= 11 is -2.31. The van der Waals surface area contributed by atoms with Crippen LogP contribution in [0, 0.1) is 11.6 Å². The van der Waals surface area contributed by atoms with Crippen molar-refractivity contribution in [3.05, 3.63) is 54.1 Å². The molecule has 2 nitrogen and oxygen atoms in total. The summed E-state index contributed by atoms with van der Waals surface area (Å²) in [5.74, 6) is -1.33. The lowest BCUT2D eigenvalue weighted by atomic mass is 10.1. The second kappa shape index (κ2) is 4.73.